The lowest BCUT2D eigenvalue weighted by atomic mass is 9.97. The van der Waals surface area contributed by atoms with E-state index < -0.39 is 6.04 Å². The highest BCUT2D eigenvalue weighted by Gasteiger charge is 2.25. The van der Waals surface area contributed by atoms with Gasteiger partial charge in [0.2, 0.25) is 5.91 Å². The first kappa shape index (κ1) is 29.6. The maximum absolute atomic E-state index is 13.9. The van der Waals surface area contributed by atoms with Crippen molar-refractivity contribution < 1.29 is 4.79 Å². The lowest BCUT2D eigenvalue weighted by molar-refractivity contribution is -0.119. The first-order valence-electron chi connectivity index (χ1n) is 14.7. The summed E-state index contributed by atoms with van der Waals surface area (Å²) in [7, 11) is 0. The van der Waals surface area contributed by atoms with Crippen molar-refractivity contribution in [2.24, 2.45) is 5.92 Å². The van der Waals surface area contributed by atoms with Gasteiger partial charge in [-0.3, -0.25) is 19.1 Å². The molecule has 11 nitrogen and oxygen atoms in total. The first-order valence-corrected chi connectivity index (χ1v) is 15.5. The molecule has 6 aromatic rings. The van der Waals surface area contributed by atoms with E-state index in [0.717, 1.165) is 16.9 Å². The number of anilines is 1. The zero-order chi connectivity index (χ0) is 31.8. The molecule has 2 unspecified atom stereocenters. The van der Waals surface area contributed by atoms with Crippen LogP contribution in [-0.2, 0) is 4.79 Å². The van der Waals surface area contributed by atoms with Crippen LogP contribution in [0.15, 0.2) is 96.4 Å². The van der Waals surface area contributed by atoms with Crippen molar-refractivity contribution in [3.63, 3.8) is 0 Å². The summed E-state index contributed by atoms with van der Waals surface area (Å²) in [6.45, 7) is 1.91. The van der Waals surface area contributed by atoms with E-state index >= 15 is 0 Å². The van der Waals surface area contributed by atoms with Crippen LogP contribution in [0.2, 0.25) is 10.2 Å². The summed E-state index contributed by atoms with van der Waals surface area (Å²) in [4.78, 5) is 36.5. The SMILES string of the molecule is CC1CCCC(n2cnc(-c3cc(Cl)ccc3-n3cc(Cl)nn3)cc2=O)c2cc(ccn2)-c2c(cnn2-c2ccccc2)NC1=O. The lowest BCUT2D eigenvalue weighted by Gasteiger charge is -2.22. The maximum atomic E-state index is 13.9. The van der Waals surface area contributed by atoms with Crippen LogP contribution in [-0.4, -0.2) is 45.2 Å². The normalized spacial score (nSPS) is 16.6. The topological polar surface area (TPSA) is 125 Å². The van der Waals surface area contributed by atoms with Crippen LogP contribution in [0.3, 0.4) is 0 Å². The van der Waals surface area contributed by atoms with Crippen LogP contribution < -0.4 is 10.9 Å². The van der Waals surface area contributed by atoms with E-state index in [-0.39, 0.29) is 22.5 Å². The molecule has 1 aliphatic rings. The van der Waals surface area contributed by atoms with E-state index in [1.807, 2.05) is 49.4 Å². The molecular weight excluding hydrogens is 625 g/mol. The van der Waals surface area contributed by atoms with Gasteiger partial charge >= 0.3 is 0 Å². The van der Waals surface area contributed by atoms with Crippen molar-refractivity contribution in [1.82, 2.24) is 39.3 Å². The smallest absolute Gasteiger partial charge is 0.254 e. The average Bonchev–Trinajstić information content (AvgIpc) is 3.69. The molecule has 46 heavy (non-hydrogen) atoms. The molecule has 2 bridgehead atoms. The summed E-state index contributed by atoms with van der Waals surface area (Å²) in [5.41, 5.74) is 5.03. The summed E-state index contributed by atoms with van der Waals surface area (Å²) >= 11 is 12.4. The molecule has 0 fully saturated rings. The standard InChI is InChI=1S/C33H27Cl2N9O2/c1-20-6-5-9-29(42-19-37-25(16-31(42)45)24-15-22(34)10-11-28(24)43-18-30(35)40-41-43)26-14-21(12-13-36-26)32-27(39-33(20)46)17-38-44(32)23-7-3-2-4-8-23/h2-4,7-8,10-20,29H,5-6,9H2,1H3,(H,39,46). The van der Waals surface area contributed by atoms with Crippen molar-refractivity contribution in [3.8, 4) is 33.9 Å². The number of nitrogens with one attached hydrogen (secondary N) is 1. The number of halogens is 2. The van der Waals surface area contributed by atoms with Gasteiger partial charge < -0.3 is 5.32 Å². The van der Waals surface area contributed by atoms with Gasteiger partial charge in [0.05, 0.1) is 58.9 Å². The Balaban J connectivity index is 1.33. The van der Waals surface area contributed by atoms with E-state index in [1.165, 1.54) is 17.1 Å². The molecular formula is C33H27Cl2N9O2. The second kappa shape index (κ2) is 12.3. The summed E-state index contributed by atoms with van der Waals surface area (Å²) in [6, 6.07) is 19.8. The van der Waals surface area contributed by atoms with Crippen LogP contribution in [0.1, 0.15) is 37.9 Å². The molecule has 1 N–H and O–H groups in total. The minimum absolute atomic E-state index is 0.0885. The predicted octanol–water partition coefficient (Wildman–Crippen LogP) is 6.39. The number of carbonyl (C=O) groups is 1. The number of para-hydroxylation sites is 1. The van der Waals surface area contributed by atoms with Crippen LogP contribution >= 0.6 is 23.2 Å². The number of nitrogens with zero attached hydrogens (tertiary/aromatic N) is 8. The van der Waals surface area contributed by atoms with E-state index in [1.54, 1.807) is 46.0 Å². The number of rotatable bonds is 4. The second-order valence-corrected chi connectivity index (χ2v) is 12.0. The Morgan fingerprint density at radius 2 is 1.80 bits per heavy atom. The number of aromatic nitrogens is 8. The van der Waals surface area contributed by atoms with Crippen LogP contribution in [0.4, 0.5) is 5.69 Å². The molecule has 1 amide bonds. The summed E-state index contributed by atoms with van der Waals surface area (Å²) in [5.74, 6) is -0.350. The Bertz CT molecular complexity index is 2120. The predicted molar refractivity (Wildman–Crippen MR) is 175 cm³/mol. The van der Waals surface area contributed by atoms with E-state index in [2.05, 4.69) is 20.7 Å². The molecule has 1 aliphatic heterocycles. The van der Waals surface area contributed by atoms with Gasteiger partial charge in [0.15, 0.2) is 5.15 Å². The molecule has 7 rings (SSSR count). The molecule has 5 heterocycles. The molecule has 13 heteroatoms. The van der Waals surface area contributed by atoms with Gasteiger partial charge in [-0.05, 0) is 55.3 Å². The number of hydrogen-bond donors (Lipinski definition) is 1. The van der Waals surface area contributed by atoms with Crippen molar-refractivity contribution in [1.29, 1.82) is 0 Å². The lowest BCUT2D eigenvalue weighted by Crippen LogP contribution is -2.27. The quantitative estimate of drug-likeness (QED) is 0.234. The summed E-state index contributed by atoms with van der Waals surface area (Å²) < 4.78 is 4.90. The van der Waals surface area contributed by atoms with Gasteiger partial charge in [-0.25, -0.2) is 14.3 Å². The van der Waals surface area contributed by atoms with E-state index in [4.69, 9.17) is 33.2 Å². The first-order chi connectivity index (χ1) is 22.4. The van der Waals surface area contributed by atoms with Gasteiger partial charge in [-0.2, -0.15) is 5.10 Å². The molecule has 0 saturated heterocycles. The fourth-order valence-corrected chi connectivity index (χ4v) is 6.06. The average molecular weight is 653 g/mol. The van der Waals surface area contributed by atoms with Crippen molar-refractivity contribution in [2.75, 3.05) is 5.32 Å². The van der Waals surface area contributed by atoms with Crippen molar-refractivity contribution in [3.05, 3.63) is 118 Å². The van der Waals surface area contributed by atoms with Gasteiger partial charge in [0.25, 0.3) is 5.56 Å². The highest BCUT2D eigenvalue weighted by Crippen LogP contribution is 2.35. The van der Waals surface area contributed by atoms with Gasteiger partial charge in [-0.1, -0.05) is 60.0 Å². The molecule has 2 aromatic carbocycles. The Hall–Kier alpha value is -5.13. The minimum Gasteiger partial charge on any atom is -0.323 e. The number of amides is 1. The Labute approximate surface area is 273 Å². The van der Waals surface area contributed by atoms with Crippen LogP contribution in [0.5, 0.6) is 0 Å². The maximum Gasteiger partial charge on any atom is 0.254 e. The molecule has 0 aliphatic carbocycles. The molecule has 0 radical (unpaired) electrons. The van der Waals surface area contributed by atoms with Crippen LogP contribution in [0, 0.1) is 5.92 Å². The fourth-order valence-electron chi connectivity index (χ4n) is 5.76. The van der Waals surface area contributed by atoms with Crippen molar-refractivity contribution in [2.45, 2.75) is 32.2 Å². The molecule has 230 valence electrons. The largest absolute Gasteiger partial charge is 0.323 e. The monoisotopic (exact) mass is 651 g/mol. The number of fused-ring (bicyclic) bond motifs is 4. The Morgan fingerprint density at radius 1 is 0.957 bits per heavy atom. The number of pyridine rings is 1. The second-order valence-electron chi connectivity index (χ2n) is 11.1. The van der Waals surface area contributed by atoms with Gasteiger partial charge in [0.1, 0.15) is 0 Å². The Morgan fingerprint density at radius 3 is 2.59 bits per heavy atom. The molecule has 2 atom stereocenters. The summed E-state index contributed by atoms with van der Waals surface area (Å²) in [5, 5.41) is 16.4. The third-order valence-electron chi connectivity index (χ3n) is 8.10. The Kier molecular flexibility index (Phi) is 7.93. The van der Waals surface area contributed by atoms with E-state index in [9.17, 15) is 9.59 Å². The summed E-state index contributed by atoms with van der Waals surface area (Å²) in [6.07, 6.45) is 8.36. The molecule has 4 aromatic heterocycles. The number of benzene rings is 2. The number of carbonyl (C=O) groups excluding carboxylic acids is 1. The van der Waals surface area contributed by atoms with E-state index in [0.29, 0.717) is 52.6 Å². The zero-order valence-corrected chi connectivity index (χ0v) is 26.1. The fraction of sp³-hybridized carbons (Fsp3) is 0.182. The molecule has 0 saturated carbocycles. The van der Waals surface area contributed by atoms with Crippen LogP contribution in [0.25, 0.3) is 33.9 Å². The third-order valence-corrected chi connectivity index (χ3v) is 8.51. The highest BCUT2D eigenvalue weighted by atomic mass is 35.5. The third kappa shape index (κ3) is 5.70. The molecule has 0 spiro atoms. The minimum atomic E-state index is -0.437. The number of hydrogen-bond acceptors (Lipinski definition) is 7. The zero-order valence-electron chi connectivity index (χ0n) is 24.6. The van der Waals surface area contributed by atoms with Gasteiger partial charge in [0, 0.05) is 34.3 Å². The highest BCUT2D eigenvalue weighted by molar-refractivity contribution is 6.31. The van der Waals surface area contributed by atoms with Crippen molar-refractivity contribution >= 4 is 34.8 Å². The van der Waals surface area contributed by atoms with Gasteiger partial charge in [-0.15, -0.1) is 5.10 Å².